The van der Waals surface area contributed by atoms with Gasteiger partial charge >= 0.3 is 6.03 Å². The summed E-state index contributed by atoms with van der Waals surface area (Å²) in [4.78, 5) is 19.0. The zero-order chi connectivity index (χ0) is 27.7. The fourth-order valence-corrected chi connectivity index (χ4v) is 4.04. The van der Waals surface area contributed by atoms with Crippen LogP contribution in [-0.2, 0) is 0 Å². The number of benzene rings is 2. The second-order valence-electron chi connectivity index (χ2n) is 10.1. The molecule has 2 amide bonds. The van der Waals surface area contributed by atoms with Crippen LogP contribution in [0.2, 0.25) is 5.02 Å². The lowest BCUT2D eigenvalue weighted by atomic mass is 9.92. The van der Waals surface area contributed by atoms with Gasteiger partial charge in [-0.3, -0.25) is 4.98 Å². The molecule has 38 heavy (non-hydrogen) atoms. The summed E-state index contributed by atoms with van der Waals surface area (Å²) in [5.41, 5.74) is 1.36. The van der Waals surface area contributed by atoms with Crippen molar-refractivity contribution in [1.82, 2.24) is 15.2 Å². The van der Waals surface area contributed by atoms with Gasteiger partial charge in [0.2, 0.25) is 0 Å². The van der Waals surface area contributed by atoms with E-state index >= 15 is 0 Å². The van der Waals surface area contributed by atoms with E-state index in [4.69, 9.17) is 25.8 Å². The molecule has 0 fully saturated rings. The molecular weight excluding hydrogens is 504 g/mol. The van der Waals surface area contributed by atoms with Crippen LogP contribution in [0.25, 0.3) is 10.9 Å². The molecule has 0 aliphatic heterocycles. The van der Waals surface area contributed by atoms with Crippen LogP contribution in [0.4, 0.5) is 10.5 Å². The Morgan fingerprint density at radius 3 is 2.47 bits per heavy atom. The predicted octanol–water partition coefficient (Wildman–Crippen LogP) is 6.97. The highest BCUT2D eigenvalue weighted by Crippen LogP contribution is 2.38. The maximum absolute atomic E-state index is 12.2. The van der Waals surface area contributed by atoms with Gasteiger partial charge in [-0.25, -0.2) is 4.79 Å². The second-order valence-corrected chi connectivity index (χ2v) is 10.5. The Morgan fingerprint density at radius 1 is 1.05 bits per heavy atom. The average Bonchev–Trinajstić information content (AvgIpc) is 2.87. The molecule has 3 rings (SSSR count). The third kappa shape index (κ3) is 8.39. The molecule has 1 aromatic heterocycles. The summed E-state index contributed by atoms with van der Waals surface area (Å²) in [5, 5.41) is 6.79. The van der Waals surface area contributed by atoms with E-state index in [0.717, 1.165) is 37.0 Å². The molecule has 0 saturated heterocycles. The number of hydrogen-bond acceptors (Lipinski definition) is 6. The maximum Gasteiger partial charge on any atom is 0.319 e. The largest absolute Gasteiger partial charge is 0.493 e. The summed E-state index contributed by atoms with van der Waals surface area (Å²) >= 11 is 6.45. The minimum atomic E-state index is -0.299. The first-order valence-electron chi connectivity index (χ1n) is 13.0. The van der Waals surface area contributed by atoms with Gasteiger partial charge in [0.1, 0.15) is 18.1 Å². The Kier molecular flexibility index (Phi) is 10.4. The molecule has 0 radical (unpaired) electrons. The smallest absolute Gasteiger partial charge is 0.319 e. The monoisotopic (exact) mass is 542 g/mol. The molecule has 0 unspecified atom stereocenters. The van der Waals surface area contributed by atoms with Crippen molar-refractivity contribution in [2.45, 2.75) is 41.0 Å². The highest BCUT2D eigenvalue weighted by Gasteiger charge is 2.14. The zero-order valence-electron chi connectivity index (χ0n) is 23.2. The lowest BCUT2D eigenvalue weighted by Crippen LogP contribution is -2.31. The van der Waals surface area contributed by atoms with Crippen molar-refractivity contribution >= 4 is 34.2 Å². The fourth-order valence-electron chi connectivity index (χ4n) is 3.82. The van der Waals surface area contributed by atoms with Gasteiger partial charge in [-0.1, -0.05) is 46.2 Å². The summed E-state index contributed by atoms with van der Waals surface area (Å²) < 4.78 is 17.8. The quantitative estimate of drug-likeness (QED) is 0.257. The summed E-state index contributed by atoms with van der Waals surface area (Å²) in [6.45, 7) is 14.6. The number of pyridine rings is 1. The molecule has 0 saturated carbocycles. The van der Waals surface area contributed by atoms with Crippen molar-refractivity contribution in [3.05, 3.63) is 47.6 Å². The van der Waals surface area contributed by atoms with Crippen LogP contribution in [-0.4, -0.2) is 55.8 Å². The van der Waals surface area contributed by atoms with E-state index in [0.29, 0.717) is 46.9 Å². The van der Waals surface area contributed by atoms with Gasteiger partial charge in [-0.05, 0) is 49.2 Å². The van der Waals surface area contributed by atoms with Crippen LogP contribution in [0.5, 0.6) is 23.0 Å². The van der Waals surface area contributed by atoms with Crippen molar-refractivity contribution in [3.63, 3.8) is 0 Å². The van der Waals surface area contributed by atoms with Gasteiger partial charge in [-0.15, -0.1) is 0 Å². The lowest BCUT2D eigenvalue weighted by molar-refractivity contribution is 0.217. The number of amides is 2. The standard InChI is InChI=1S/C29H39ClN4O4/c1-7-34(8-2)15-16-37-27-19-24-21(18-26(27)36-6)25(11-13-31-24)38-20-9-10-23(22(30)17-20)33-28(35)32-14-12-29(3,4)5/h9-11,13,17-19H,7-8,12,14-16H2,1-6H3,(H2,32,33,35). The second kappa shape index (κ2) is 13.5. The van der Waals surface area contributed by atoms with Crippen molar-refractivity contribution in [2.24, 2.45) is 5.41 Å². The van der Waals surface area contributed by atoms with Gasteiger partial charge in [0, 0.05) is 36.8 Å². The summed E-state index contributed by atoms with van der Waals surface area (Å²) in [6, 6.07) is 10.3. The van der Waals surface area contributed by atoms with E-state index < -0.39 is 0 Å². The lowest BCUT2D eigenvalue weighted by Gasteiger charge is -2.19. The maximum atomic E-state index is 12.2. The molecule has 0 atom stereocenters. The number of fused-ring (bicyclic) bond motifs is 1. The van der Waals surface area contributed by atoms with Crippen molar-refractivity contribution < 1.29 is 19.0 Å². The number of methoxy groups -OCH3 is 1. The topological polar surface area (TPSA) is 85.0 Å². The average molecular weight is 543 g/mol. The third-order valence-corrected chi connectivity index (χ3v) is 6.44. The number of aromatic nitrogens is 1. The van der Waals surface area contributed by atoms with E-state index in [1.165, 1.54) is 0 Å². The van der Waals surface area contributed by atoms with Gasteiger partial charge < -0.3 is 29.7 Å². The van der Waals surface area contributed by atoms with Crippen LogP contribution < -0.4 is 24.8 Å². The molecule has 0 bridgehead atoms. The molecule has 1 heterocycles. The van der Waals surface area contributed by atoms with Gasteiger partial charge in [-0.2, -0.15) is 0 Å². The van der Waals surface area contributed by atoms with Gasteiger partial charge in [0.15, 0.2) is 11.5 Å². The van der Waals surface area contributed by atoms with Crippen LogP contribution in [0.3, 0.4) is 0 Å². The Balaban J connectivity index is 1.72. The number of carbonyl (C=O) groups is 1. The van der Waals surface area contributed by atoms with Crippen LogP contribution in [0.1, 0.15) is 41.0 Å². The van der Waals surface area contributed by atoms with Crippen molar-refractivity contribution in [1.29, 1.82) is 0 Å². The van der Waals surface area contributed by atoms with Crippen molar-refractivity contribution in [3.8, 4) is 23.0 Å². The SMILES string of the molecule is CCN(CC)CCOc1cc2nccc(Oc3ccc(NC(=O)NCCC(C)(C)C)c(Cl)c3)c2cc1OC. The van der Waals surface area contributed by atoms with E-state index in [9.17, 15) is 4.79 Å². The van der Waals surface area contributed by atoms with Crippen LogP contribution >= 0.6 is 11.6 Å². The highest BCUT2D eigenvalue weighted by atomic mass is 35.5. The number of anilines is 1. The summed E-state index contributed by atoms with van der Waals surface area (Å²) in [7, 11) is 1.61. The summed E-state index contributed by atoms with van der Waals surface area (Å²) in [6.07, 6.45) is 2.55. The number of urea groups is 1. The number of likely N-dealkylation sites (N-methyl/N-ethyl adjacent to an activating group) is 1. The first-order chi connectivity index (χ1) is 18.1. The number of ether oxygens (including phenoxy) is 3. The molecule has 3 aromatic rings. The predicted molar refractivity (Wildman–Crippen MR) is 154 cm³/mol. The molecule has 9 heteroatoms. The molecular formula is C29H39ClN4O4. The number of carbonyl (C=O) groups excluding carboxylic acids is 1. The number of hydrogen-bond donors (Lipinski definition) is 2. The van der Waals surface area contributed by atoms with Gasteiger partial charge in [0.05, 0.1) is 23.3 Å². The molecule has 0 spiro atoms. The van der Waals surface area contributed by atoms with E-state index in [1.807, 2.05) is 12.1 Å². The molecule has 2 N–H and O–H groups in total. The first-order valence-corrected chi connectivity index (χ1v) is 13.4. The molecule has 8 nitrogen and oxygen atoms in total. The Labute approximate surface area is 230 Å². The molecule has 0 aliphatic rings. The van der Waals surface area contributed by atoms with Crippen molar-refractivity contribution in [2.75, 3.05) is 45.2 Å². The van der Waals surface area contributed by atoms with E-state index in [-0.39, 0.29) is 11.4 Å². The highest BCUT2D eigenvalue weighted by molar-refractivity contribution is 6.33. The minimum Gasteiger partial charge on any atom is -0.493 e. The normalized spacial score (nSPS) is 11.5. The van der Waals surface area contributed by atoms with Gasteiger partial charge in [0.25, 0.3) is 0 Å². The number of nitrogens with one attached hydrogen (secondary N) is 2. The number of halogens is 1. The molecule has 206 valence electrons. The third-order valence-electron chi connectivity index (χ3n) is 6.12. The summed E-state index contributed by atoms with van der Waals surface area (Å²) in [5.74, 6) is 2.36. The Morgan fingerprint density at radius 2 is 1.82 bits per heavy atom. The Hall–Kier alpha value is -3.23. The molecule has 0 aliphatic carbocycles. The van der Waals surface area contributed by atoms with E-state index in [2.05, 4.69) is 55.1 Å². The zero-order valence-corrected chi connectivity index (χ0v) is 23.9. The fraction of sp³-hybridized carbons (Fsp3) is 0.448. The first kappa shape index (κ1) is 29.3. The van der Waals surface area contributed by atoms with E-state index in [1.54, 1.807) is 37.6 Å². The minimum absolute atomic E-state index is 0.144. The number of nitrogens with zero attached hydrogens (tertiary/aromatic N) is 2. The van der Waals surface area contributed by atoms with Crippen LogP contribution in [0.15, 0.2) is 42.6 Å². The molecule has 2 aromatic carbocycles. The Bertz CT molecular complexity index is 1230. The number of rotatable bonds is 12. The van der Waals surface area contributed by atoms with Crippen LogP contribution in [0, 0.1) is 5.41 Å².